The Labute approximate surface area is 156 Å². The van der Waals surface area contributed by atoms with Gasteiger partial charge >= 0.3 is 0 Å². The molecule has 0 aliphatic carbocycles. The van der Waals surface area contributed by atoms with Gasteiger partial charge in [0.15, 0.2) is 0 Å². The van der Waals surface area contributed by atoms with Crippen LogP contribution in [0.1, 0.15) is 17.3 Å². The van der Waals surface area contributed by atoms with Gasteiger partial charge in [0.25, 0.3) is 5.91 Å². The number of hydrogen-bond acceptors (Lipinski definition) is 3. The fraction of sp³-hybridized carbons (Fsp3) is 0.158. The summed E-state index contributed by atoms with van der Waals surface area (Å²) in [7, 11) is 0. The van der Waals surface area contributed by atoms with Gasteiger partial charge in [-0.1, -0.05) is 29.8 Å². The largest absolute Gasteiger partial charge is 0.349 e. The number of amides is 2. The maximum Gasteiger partial charge on any atom is 0.253 e. The molecule has 0 saturated heterocycles. The van der Waals surface area contributed by atoms with Crippen LogP contribution in [0.25, 0.3) is 0 Å². The maximum absolute atomic E-state index is 12.5. The summed E-state index contributed by atoms with van der Waals surface area (Å²) in [5, 5.41) is 5.86. The van der Waals surface area contributed by atoms with E-state index in [4.69, 9.17) is 11.6 Å². The predicted molar refractivity (Wildman–Crippen MR) is 104 cm³/mol. The summed E-state index contributed by atoms with van der Waals surface area (Å²) >= 11 is 7.29. The smallest absolute Gasteiger partial charge is 0.253 e. The first-order valence-electron chi connectivity index (χ1n) is 7.72. The lowest BCUT2D eigenvalue weighted by atomic mass is 10.1. The fourth-order valence-corrected chi connectivity index (χ4v) is 3.05. The third-order valence-corrected chi connectivity index (χ3v) is 4.70. The van der Waals surface area contributed by atoms with Gasteiger partial charge in [-0.3, -0.25) is 9.59 Å². The van der Waals surface area contributed by atoms with Crippen LogP contribution in [0.3, 0.4) is 0 Å². The van der Waals surface area contributed by atoms with E-state index in [-0.39, 0.29) is 17.1 Å². The molecule has 130 valence electrons. The van der Waals surface area contributed by atoms with Crippen LogP contribution in [-0.4, -0.2) is 23.6 Å². The summed E-state index contributed by atoms with van der Waals surface area (Å²) in [5.41, 5.74) is 0.902. The van der Waals surface area contributed by atoms with E-state index < -0.39 is 0 Å². The van der Waals surface area contributed by atoms with Gasteiger partial charge in [-0.15, -0.1) is 18.3 Å². The number of para-hydroxylation sites is 1. The van der Waals surface area contributed by atoms with E-state index in [2.05, 4.69) is 17.2 Å². The molecule has 4 nitrogen and oxygen atoms in total. The van der Waals surface area contributed by atoms with E-state index >= 15 is 0 Å². The monoisotopic (exact) mass is 374 g/mol. The highest BCUT2D eigenvalue weighted by atomic mass is 35.5. The molecular weight excluding hydrogens is 356 g/mol. The van der Waals surface area contributed by atoms with Crippen molar-refractivity contribution in [2.24, 2.45) is 0 Å². The molecule has 0 bridgehead atoms. The molecule has 0 heterocycles. The van der Waals surface area contributed by atoms with Crippen molar-refractivity contribution in [1.82, 2.24) is 5.32 Å². The molecule has 2 N–H and O–H groups in total. The Balaban J connectivity index is 2.05. The molecule has 0 aliphatic rings. The highest BCUT2D eigenvalue weighted by Crippen LogP contribution is 2.26. The molecule has 1 atom stereocenters. The van der Waals surface area contributed by atoms with Crippen LogP contribution in [0.2, 0.25) is 5.02 Å². The Morgan fingerprint density at radius 3 is 2.56 bits per heavy atom. The third kappa shape index (κ3) is 5.66. The lowest BCUT2D eigenvalue weighted by Gasteiger charge is -2.14. The van der Waals surface area contributed by atoms with Crippen molar-refractivity contribution < 1.29 is 9.59 Å². The molecule has 0 radical (unpaired) electrons. The second kappa shape index (κ2) is 9.30. The van der Waals surface area contributed by atoms with Crippen LogP contribution in [0.5, 0.6) is 0 Å². The number of halogens is 1. The minimum atomic E-state index is -0.328. The second-order valence-corrected chi connectivity index (χ2v) is 7.10. The number of benzene rings is 2. The SMILES string of the molecule is C=CCNC(=O)c1ccccc1NC(=O)[C@@H](C)Sc1ccc(Cl)cc1. The Hall–Kier alpha value is -2.24. The van der Waals surface area contributed by atoms with Gasteiger partial charge in [-0.2, -0.15) is 0 Å². The first-order valence-corrected chi connectivity index (χ1v) is 8.98. The second-order valence-electron chi connectivity index (χ2n) is 5.25. The number of carbonyl (C=O) groups is 2. The number of thioether (sulfide) groups is 1. The van der Waals surface area contributed by atoms with Crippen molar-refractivity contribution in [3.05, 3.63) is 71.8 Å². The van der Waals surface area contributed by atoms with E-state index in [9.17, 15) is 9.59 Å². The summed E-state index contributed by atoms with van der Waals surface area (Å²) in [4.78, 5) is 25.6. The molecule has 0 saturated carbocycles. The zero-order valence-electron chi connectivity index (χ0n) is 13.8. The normalized spacial score (nSPS) is 11.4. The van der Waals surface area contributed by atoms with E-state index in [0.29, 0.717) is 22.8 Å². The summed E-state index contributed by atoms with van der Waals surface area (Å²) < 4.78 is 0. The van der Waals surface area contributed by atoms with Crippen molar-refractivity contribution >= 4 is 40.9 Å². The first kappa shape index (κ1) is 19.1. The van der Waals surface area contributed by atoms with E-state index in [0.717, 1.165) is 4.90 Å². The number of carbonyl (C=O) groups excluding carboxylic acids is 2. The van der Waals surface area contributed by atoms with Crippen molar-refractivity contribution in [2.75, 3.05) is 11.9 Å². The number of nitrogens with one attached hydrogen (secondary N) is 2. The average Bonchev–Trinajstić information content (AvgIpc) is 2.62. The number of anilines is 1. The van der Waals surface area contributed by atoms with Crippen molar-refractivity contribution in [3.8, 4) is 0 Å². The zero-order valence-corrected chi connectivity index (χ0v) is 15.4. The predicted octanol–water partition coefficient (Wildman–Crippen LogP) is 4.38. The van der Waals surface area contributed by atoms with E-state index in [1.165, 1.54) is 11.8 Å². The summed E-state index contributed by atoms with van der Waals surface area (Å²) in [6.07, 6.45) is 1.60. The lowest BCUT2D eigenvalue weighted by Crippen LogP contribution is -2.27. The number of rotatable bonds is 7. The molecule has 0 unspecified atom stereocenters. The van der Waals surface area contributed by atoms with Gasteiger partial charge in [0, 0.05) is 16.5 Å². The minimum Gasteiger partial charge on any atom is -0.349 e. The fourth-order valence-electron chi connectivity index (χ4n) is 2.06. The Morgan fingerprint density at radius 2 is 1.88 bits per heavy atom. The van der Waals surface area contributed by atoms with E-state index in [1.807, 2.05) is 19.1 Å². The van der Waals surface area contributed by atoms with Crippen LogP contribution >= 0.6 is 23.4 Å². The zero-order chi connectivity index (χ0) is 18.2. The van der Waals surface area contributed by atoms with Crippen LogP contribution in [0, 0.1) is 0 Å². The minimum absolute atomic E-state index is 0.177. The van der Waals surface area contributed by atoms with Crippen LogP contribution in [-0.2, 0) is 4.79 Å². The lowest BCUT2D eigenvalue weighted by molar-refractivity contribution is -0.115. The quantitative estimate of drug-likeness (QED) is 0.558. The Morgan fingerprint density at radius 1 is 1.20 bits per heavy atom. The third-order valence-electron chi connectivity index (χ3n) is 3.33. The van der Waals surface area contributed by atoms with Gasteiger partial charge in [0.1, 0.15) is 0 Å². The molecule has 2 aromatic rings. The molecule has 2 amide bonds. The van der Waals surface area contributed by atoms with Gasteiger partial charge in [0.05, 0.1) is 16.5 Å². The van der Waals surface area contributed by atoms with Crippen LogP contribution in [0.15, 0.2) is 66.1 Å². The molecule has 0 fully saturated rings. The highest BCUT2D eigenvalue weighted by Gasteiger charge is 2.17. The van der Waals surface area contributed by atoms with Gasteiger partial charge in [-0.25, -0.2) is 0 Å². The van der Waals surface area contributed by atoms with Gasteiger partial charge in [-0.05, 0) is 43.3 Å². The molecule has 2 aromatic carbocycles. The molecule has 25 heavy (non-hydrogen) atoms. The average molecular weight is 375 g/mol. The Bertz CT molecular complexity index is 762. The number of hydrogen-bond donors (Lipinski definition) is 2. The topological polar surface area (TPSA) is 58.2 Å². The van der Waals surface area contributed by atoms with Crippen LogP contribution in [0.4, 0.5) is 5.69 Å². The van der Waals surface area contributed by atoms with Gasteiger partial charge in [0.2, 0.25) is 5.91 Å². The van der Waals surface area contributed by atoms with Crippen LogP contribution < -0.4 is 10.6 Å². The van der Waals surface area contributed by atoms with E-state index in [1.54, 1.807) is 42.5 Å². The van der Waals surface area contributed by atoms with Crippen molar-refractivity contribution in [1.29, 1.82) is 0 Å². The highest BCUT2D eigenvalue weighted by molar-refractivity contribution is 8.00. The molecule has 2 rings (SSSR count). The molecule has 6 heteroatoms. The maximum atomic E-state index is 12.5. The summed E-state index contributed by atoms with van der Waals surface area (Å²) in [6.45, 7) is 5.75. The first-order chi connectivity index (χ1) is 12.0. The summed E-state index contributed by atoms with van der Waals surface area (Å²) in [5.74, 6) is -0.433. The molecule has 0 aromatic heterocycles. The molecular formula is C19H19ClN2O2S. The standard InChI is InChI=1S/C19H19ClN2O2S/c1-3-12-21-19(24)16-6-4-5-7-17(16)22-18(23)13(2)25-15-10-8-14(20)9-11-15/h3-11,13H,1,12H2,2H3,(H,21,24)(H,22,23)/t13-/m1/s1. The van der Waals surface area contributed by atoms with Crippen molar-refractivity contribution in [3.63, 3.8) is 0 Å². The summed E-state index contributed by atoms with van der Waals surface area (Å²) in [6, 6.07) is 14.2. The Kier molecular flexibility index (Phi) is 7.10. The van der Waals surface area contributed by atoms with Crippen molar-refractivity contribution in [2.45, 2.75) is 17.1 Å². The van der Waals surface area contributed by atoms with Gasteiger partial charge < -0.3 is 10.6 Å². The molecule has 0 spiro atoms. The molecule has 0 aliphatic heterocycles.